The molecule has 3 unspecified atom stereocenters. The first kappa shape index (κ1) is 30.9. The third-order valence-corrected chi connectivity index (χ3v) is 6.96. The van der Waals surface area contributed by atoms with Gasteiger partial charge < -0.3 is 21.0 Å². The zero-order valence-corrected chi connectivity index (χ0v) is 23.5. The Morgan fingerprint density at radius 1 is 1.26 bits per heavy atom. The van der Waals surface area contributed by atoms with Gasteiger partial charge in [0.15, 0.2) is 5.78 Å². The van der Waals surface area contributed by atoms with E-state index in [1.165, 1.54) is 18.3 Å². The highest BCUT2D eigenvalue weighted by Crippen LogP contribution is 2.34. The van der Waals surface area contributed by atoms with E-state index in [1.807, 2.05) is 32.9 Å². The minimum Gasteiger partial charge on any atom is -0.493 e. The van der Waals surface area contributed by atoms with E-state index < -0.39 is 5.92 Å². The van der Waals surface area contributed by atoms with E-state index in [0.717, 1.165) is 24.0 Å². The van der Waals surface area contributed by atoms with Crippen molar-refractivity contribution in [2.75, 3.05) is 6.61 Å². The number of halogens is 1. The van der Waals surface area contributed by atoms with Gasteiger partial charge in [-0.1, -0.05) is 33.8 Å². The molecule has 0 fully saturated rings. The molecule has 206 valence electrons. The molecule has 2 heterocycles. The number of fused-ring (bicyclic) bond motifs is 1. The number of carbonyl (C=O) groups excluding carboxylic acids is 1. The Morgan fingerprint density at radius 2 is 1.95 bits per heavy atom. The van der Waals surface area contributed by atoms with Crippen LogP contribution in [0.5, 0.6) is 5.75 Å². The lowest BCUT2D eigenvalue weighted by atomic mass is 9.83. The smallest absolute Gasteiger partial charge is 0.170 e. The van der Waals surface area contributed by atoms with Crippen LogP contribution in [0.15, 0.2) is 42.2 Å². The van der Waals surface area contributed by atoms with Crippen molar-refractivity contribution in [3.8, 4) is 5.75 Å². The number of aliphatic hydroxyl groups excluding tert-OH is 1. The van der Waals surface area contributed by atoms with Gasteiger partial charge in [-0.05, 0) is 80.8 Å². The number of ether oxygens (including phenoxy) is 1. The molecule has 0 spiro atoms. The van der Waals surface area contributed by atoms with E-state index in [9.17, 15) is 9.18 Å². The molecule has 38 heavy (non-hydrogen) atoms. The normalized spacial score (nSPS) is 17.2. The number of Topliss-reactive ketones (excluding diaryl/α,β-unsaturated/α-hetero) is 1. The number of ketones is 1. The average molecular weight is 524 g/mol. The molecule has 4 N–H and O–H groups in total. The minimum atomic E-state index is -0.400. The maximum atomic E-state index is 13.7. The molecule has 2 aromatic rings. The second-order valence-corrected chi connectivity index (χ2v) is 9.69. The van der Waals surface area contributed by atoms with Gasteiger partial charge in [-0.15, -0.1) is 0 Å². The lowest BCUT2D eigenvalue weighted by molar-refractivity contribution is -0.118. The second-order valence-electron chi connectivity index (χ2n) is 9.69. The van der Waals surface area contributed by atoms with Crippen LogP contribution in [0.2, 0.25) is 0 Å². The molecule has 1 aromatic heterocycles. The number of carbonyl (C=O) groups is 1. The Bertz CT molecular complexity index is 1190. The maximum absolute atomic E-state index is 13.7. The molecule has 0 amide bonds. The zero-order valence-electron chi connectivity index (χ0n) is 23.5. The van der Waals surface area contributed by atoms with Gasteiger partial charge in [0.25, 0.3) is 0 Å². The largest absolute Gasteiger partial charge is 0.493 e. The standard InChI is InChI=1S/C27H32FN3O2.C4H10O/c1-5-16(4)21-12-25(22(13-29)24(30)7-3)31-14-23(21)20(6-2)27(32)18-10-17-11-19(28)8-9-26(17)33-15-18;1-3-4(2)5/h6,8-9,11-14,16,18,29H,5,7,10,15,30H2,1-4H3;4-5H,3H2,1-2H3/b20-6+,24-22+,29-13?;. The minimum absolute atomic E-state index is 0.0394. The quantitative estimate of drug-likeness (QED) is 0.258. The van der Waals surface area contributed by atoms with Gasteiger partial charge in [-0.25, -0.2) is 4.39 Å². The van der Waals surface area contributed by atoms with Crippen molar-refractivity contribution in [1.82, 2.24) is 4.98 Å². The van der Waals surface area contributed by atoms with Crippen LogP contribution >= 0.6 is 0 Å². The molecule has 0 bridgehead atoms. The predicted octanol–water partition coefficient (Wildman–Crippen LogP) is 6.46. The molecule has 7 heteroatoms. The van der Waals surface area contributed by atoms with Gasteiger partial charge in [-0.2, -0.15) is 0 Å². The number of nitrogens with one attached hydrogen (secondary N) is 1. The highest BCUT2D eigenvalue weighted by atomic mass is 19.1. The number of aliphatic hydroxyl groups is 1. The number of nitrogens with two attached hydrogens (primary N) is 1. The number of hydrogen-bond acceptors (Lipinski definition) is 6. The molecular formula is C31H42FN3O3. The van der Waals surface area contributed by atoms with Gasteiger partial charge in [0.2, 0.25) is 0 Å². The summed E-state index contributed by atoms with van der Waals surface area (Å²) in [6, 6.07) is 6.37. The van der Waals surface area contributed by atoms with Crippen molar-refractivity contribution < 1.29 is 19.0 Å². The van der Waals surface area contributed by atoms with Crippen molar-refractivity contribution in [3.05, 3.63) is 70.4 Å². The molecular weight excluding hydrogens is 481 g/mol. The van der Waals surface area contributed by atoms with Crippen LogP contribution in [-0.2, 0) is 11.2 Å². The van der Waals surface area contributed by atoms with Crippen LogP contribution in [0.4, 0.5) is 4.39 Å². The van der Waals surface area contributed by atoms with Crippen molar-refractivity contribution in [2.45, 2.75) is 79.2 Å². The van der Waals surface area contributed by atoms with E-state index in [-0.39, 0.29) is 30.2 Å². The summed E-state index contributed by atoms with van der Waals surface area (Å²) in [7, 11) is 0. The summed E-state index contributed by atoms with van der Waals surface area (Å²) in [6.45, 7) is 12.0. The van der Waals surface area contributed by atoms with Crippen molar-refractivity contribution in [3.63, 3.8) is 0 Å². The van der Waals surface area contributed by atoms with E-state index in [1.54, 1.807) is 19.2 Å². The Labute approximate surface area is 226 Å². The summed E-state index contributed by atoms with van der Waals surface area (Å²) >= 11 is 0. The third-order valence-electron chi connectivity index (χ3n) is 6.96. The molecule has 6 nitrogen and oxygen atoms in total. The van der Waals surface area contributed by atoms with Crippen molar-refractivity contribution in [1.29, 1.82) is 5.41 Å². The lowest BCUT2D eigenvalue weighted by Gasteiger charge is -2.26. The summed E-state index contributed by atoms with van der Waals surface area (Å²) < 4.78 is 19.5. The highest BCUT2D eigenvalue weighted by Gasteiger charge is 2.30. The van der Waals surface area contributed by atoms with Crippen LogP contribution < -0.4 is 10.5 Å². The van der Waals surface area contributed by atoms with Gasteiger partial charge in [0, 0.05) is 34.8 Å². The molecule has 0 radical (unpaired) electrons. The van der Waals surface area contributed by atoms with Crippen LogP contribution in [0.25, 0.3) is 11.1 Å². The van der Waals surface area contributed by atoms with Crippen LogP contribution in [0.1, 0.15) is 89.1 Å². The van der Waals surface area contributed by atoms with Crippen LogP contribution in [0, 0.1) is 17.1 Å². The summed E-state index contributed by atoms with van der Waals surface area (Å²) in [4.78, 5) is 18.2. The Balaban J connectivity index is 0.000000926. The highest BCUT2D eigenvalue weighted by molar-refractivity contribution is 6.22. The number of pyridine rings is 1. The fourth-order valence-corrected chi connectivity index (χ4v) is 4.17. The number of allylic oxidation sites excluding steroid dienone is 4. The molecule has 0 saturated carbocycles. The molecule has 1 aromatic carbocycles. The first-order chi connectivity index (χ1) is 18.1. The first-order valence-electron chi connectivity index (χ1n) is 13.4. The Morgan fingerprint density at radius 3 is 2.50 bits per heavy atom. The fourth-order valence-electron chi connectivity index (χ4n) is 4.17. The summed E-state index contributed by atoms with van der Waals surface area (Å²) in [5.74, 6) is 0.0344. The van der Waals surface area contributed by atoms with Crippen LogP contribution in [-0.4, -0.2) is 34.8 Å². The maximum Gasteiger partial charge on any atom is 0.170 e. The SMILES string of the molecule is C/C=C(/C(=O)C1COc2ccc(F)cc2C1)c1cnc(/C(C=N)=C(/N)CC)cc1C(C)CC.CCC(C)O. The monoisotopic (exact) mass is 523 g/mol. The number of rotatable bonds is 9. The fraction of sp³-hybridized carbons (Fsp3) is 0.452. The van der Waals surface area contributed by atoms with Gasteiger partial charge in [0.1, 0.15) is 11.6 Å². The Hall–Kier alpha value is -3.32. The number of benzene rings is 1. The first-order valence-corrected chi connectivity index (χ1v) is 13.4. The Kier molecular flexibility index (Phi) is 11.9. The van der Waals surface area contributed by atoms with Gasteiger partial charge >= 0.3 is 0 Å². The number of aromatic nitrogens is 1. The molecule has 1 aliphatic rings. The average Bonchev–Trinajstić information content (AvgIpc) is 2.93. The summed E-state index contributed by atoms with van der Waals surface area (Å²) in [5.41, 5.74) is 11.0. The van der Waals surface area contributed by atoms with E-state index in [4.69, 9.17) is 21.0 Å². The molecule has 0 aliphatic carbocycles. The molecule has 3 rings (SSSR count). The van der Waals surface area contributed by atoms with E-state index in [0.29, 0.717) is 46.7 Å². The topological polar surface area (TPSA) is 109 Å². The van der Waals surface area contributed by atoms with Gasteiger partial charge in [-0.3, -0.25) is 9.78 Å². The van der Waals surface area contributed by atoms with Crippen molar-refractivity contribution >= 4 is 23.1 Å². The summed E-state index contributed by atoms with van der Waals surface area (Å²) in [5, 5.41) is 16.2. The van der Waals surface area contributed by atoms with Crippen molar-refractivity contribution in [2.24, 2.45) is 11.7 Å². The lowest BCUT2D eigenvalue weighted by Crippen LogP contribution is -2.29. The third kappa shape index (κ3) is 7.60. The van der Waals surface area contributed by atoms with E-state index in [2.05, 4.69) is 18.8 Å². The zero-order chi connectivity index (χ0) is 28.4. The molecule has 3 atom stereocenters. The van der Waals surface area contributed by atoms with Gasteiger partial charge in [0.05, 0.1) is 24.3 Å². The van der Waals surface area contributed by atoms with Crippen LogP contribution in [0.3, 0.4) is 0 Å². The number of nitrogens with zero attached hydrogens (tertiary/aromatic N) is 1. The predicted molar refractivity (Wildman–Crippen MR) is 153 cm³/mol. The van der Waals surface area contributed by atoms with E-state index >= 15 is 0 Å². The molecule has 0 saturated heterocycles. The molecule has 1 aliphatic heterocycles. The summed E-state index contributed by atoms with van der Waals surface area (Å²) in [6.07, 6.45) is 7.45. The number of hydrogen-bond donors (Lipinski definition) is 3. The second kappa shape index (κ2) is 14.6.